The van der Waals surface area contributed by atoms with E-state index in [0.717, 1.165) is 65.4 Å². The number of hydrogen-bond donors (Lipinski definition) is 0. The lowest BCUT2D eigenvalue weighted by molar-refractivity contribution is 0.153. The van der Waals surface area contributed by atoms with E-state index in [4.69, 9.17) is 25.8 Å². The second kappa shape index (κ2) is 17.3. The Bertz CT molecular complexity index is 3300. The summed E-state index contributed by atoms with van der Waals surface area (Å²) in [6.45, 7) is 33.8. The fraction of sp³-hybridized carbons (Fsp3) is 0.298. The number of fused-ring (bicyclic) bond motifs is 14. The molecule has 12 heteroatoms. The maximum Gasteiger partial charge on any atom is 0.387 e. The molecule has 0 unspecified atom stereocenters. The summed E-state index contributed by atoms with van der Waals surface area (Å²) in [6, 6.07) is 44.4. The lowest BCUT2D eigenvalue weighted by atomic mass is 9.97. The third kappa shape index (κ3) is 8.95. The topological polar surface area (TPSA) is 71.0 Å². The van der Waals surface area contributed by atoms with Crippen LogP contribution in [0.15, 0.2) is 138 Å². The Balaban J connectivity index is 1.15. The van der Waals surface area contributed by atoms with E-state index in [2.05, 4.69) is 214 Å². The smallest absolute Gasteiger partial charge is 0.387 e. The second-order valence-corrected chi connectivity index (χ2v) is 46.2. The van der Waals surface area contributed by atoms with E-state index in [1.54, 1.807) is 0 Å². The van der Waals surface area contributed by atoms with Gasteiger partial charge < -0.3 is 16.8 Å². The molecular weight excluding hydrogens is 955 g/mol. The molecule has 0 N–H and O–H groups in total. The quantitative estimate of drug-likeness (QED) is 0.127. The van der Waals surface area contributed by atoms with Gasteiger partial charge in [-0.15, -0.1) is 0 Å². The van der Waals surface area contributed by atoms with Gasteiger partial charge in [-0.05, 0) is 63.8 Å². The van der Waals surface area contributed by atoms with Crippen LogP contribution in [0.25, 0.3) is 87.0 Å². The van der Waals surface area contributed by atoms with E-state index in [9.17, 15) is 0 Å². The SMILES string of the molecule is CC(C)(COp1oc2c([Si](C)(C)C)cc3ccccc3c2c2c(o1)c([Si](C)(C)C)cc1ccccc12)COp1oc2c([Si](C)(C)C)cc3ccccc3c2c2c(o1)c([Si](C)(C)C)cc1ccccc12. The maximum absolute atomic E-state index is 7.26. The lowest BCUT2D eigenvalue weighted by Gasteiger charge is -2.22. The van der Waals surface area contributed by atoms with Crippen molar-refractivity contribution in [1.82, 2.24) is 0 Å². The van der Waals surface area contributed by atoms with Crippen LogP contribution in [0.4, 0.5) is 0 Å². The van der Waals surface area contributed by atoms with Gasteiger partial charge in [-0.3, -0.25) is 9.05 Å². The summed E-state index contributed by atoms with van der Waals surface area (Å²) in [5.74, 6) is 0. The molecule has 69 heavy (non-hydrogen) atoms. The third-order valence-corrected chi connectivity index (χ3v) is 23.5. The summed E-state index contributed by atoms with van der Waals surface area (Å²) in [5, 5.41) is 18.9. The standard InChI is InChI=1S/C57H66O6P2Si4/c1-57(2,35-58-64-60-53-45(66(3,4)5)31-37-23-15-19-27-41(37)49(53)50-42-28-20-16-24-38(42)32-46(54(50)61-64)67(6,7)8)36-59-65-62-55-47(68(9,10)11)33-39-25-17-21-29-43(39)51(55)52-44-30-22-18-26-40(44)34-48(56(52)63-65)69(12,13)14/h15-34H,35-36H2,1-14H3. The molecule has 0 aliphatic heterocycles. The summed E-state index contributed by atoms with van der Waals surface area (Å²) < 4.78 is 43.1. The van der Waals surface area contributed by atoms with Gasteiger partial charge in [-0.2, -0.15) is 0 Å². The van der Waals surface area contributed by atoms with Crippen LogP contribution >= 0.6 is 16.5 Å². The first-order valence-corrected chi connectivity index (χ1v) is 40.5. The van der Waals surface area contributed by atoms with Crippen LogP contribution in [0.5, 0.6) is 0 Å². The molecule has 0 bridgehead atoms. The third-order valence-electron chi connectivity index (χ3n) is 13.5. The highest BCUT2D eigenvalue weighted by Gasteiger charge is 2.32. The van der Waals surface area contributed by atoms with Gasteiger partial charge in [0.15, 0.2) is 0 Å². The molecular formula is C57H66O6P2Si4. The molecule has 0 saturated carbocycles. The van der Waals surface area contributed by atoms with E-state index < -0.39 is 54.2 Å². The molecule has 8 aromatic carbocycles. The normalized spacial score (nSPS) is 13.3. The van der Waals surface area contributed by atoms with Crippen molar-refractivity contribution in [3.63, 3.8) is 0 Å². The van der Waals surface area contributed by atoms with Crippen LogP contribution < -0.4 is 29.8 Å². The molecule has 356 valence electrons. The fourth-order valence-corrected chi connectivity index (χ4v) is 18.5. The monoisotopic (exact) mass is 1020 g/mol. The zero-order valence-corrected chi connectivity index (χ0v) is 48.6. The molecule has 6 nitrogen and oxygen atoms in total. The average molecular weight is 1020 g/mol. The molecule has 0 amide bonds. The fourth-order valence-electron chi connectivity index (χ4n) is 9.85. The molecule has 0 aliphatic rings. The van der Waals surface area contributed by atoms with Gasteiger partial charge in [0.05, 0.1) is 45.5 Å². The molecule has 0 radical (unpaired) electrons. The predicted octanol–water partition coefficient (Wildman–Crippen LogP) is 16.3. The van der Waals surface area contributed by atoms with Crippen LogP contribution in [-0.2, 0) is 0 Å². The van der Waals surface area contributed by atoms with Gasteiger partial charge >= 0.3 is 16.5 Å². The zero-order chi connectivity index (χ0) is 49.0. The molecule has 0 fully saturated rings. The van der Waals surface area contributed by atoms with Gasteiger partial charge in [-0.25, -0.2) is 0 Å². The number of hydrogen-bond acceptors (Lipinski definition) is 6. The van der Waals surface area contributed by atoms with Crippen molar-refractivity contribution in [3.8, 4) is 0 Å². The zero-order valence-electron chi connectivity index (χ0n) is 42.8. The highest BCUT2D eigenvalue weighted by Crippen LogP contribution is 2.44. The number of benzene rings is 8. The Labute approximate surface area is 412 Å². The highest BCUT2D eigenvalue weighted by atomic mass is 31.1. The predicted molar refractivity (Wildman–Crippen MR) is 311 cm³/mol. The molecule has 10 aromatic rings. The molecule has 2 aromatic heterocycles. The van der Waals surface area contributed by atoms with Crippen molar-refractivity contribution in [2.75, 3.05) is 13.2 Å². The molecule has 2 heterocycles. The van der Waals surface area contributed by atoms with E-state index in [1.165, 1.54) is 42.3 Å². The minimum Gasteiger partial charge on any atom is -0.399 e. The molecule has 0 spiro atoms. The first kappa shape index (κ1) is 48.0. The van der Waals surface area contributed by atoms with Crippen LogP contribution in [-0.4, -0.2) is 45.5 Å². The lowest BCUT2D eigenvalue weighted by Crippen LogP contribution is -2.38. The summed E-state index contributed by atoms with van der Waals surface area (Å²) in [6.07, 6.45) is 0. The molecule has 0 saturated heterocycles. The Morgan fingerprint density at radius 1 is 0.362 bits per heavy atom. The Hall–Kier alpha value is -4.61. The summed E-state index contributed by atoms with van der Waals surface area (Å²) in [7, 11) is -11.8. The van der Waals surface area contributed by atoms with Crippen molar-refractivity contribution in [2.45, 2.75) is 92.4 Å². The van der Waals surface area contributed by atoms with E-state index in [-0.39, 0.29) is 0 Å². The van der Waals surface area contributed by atoms with Crippen molar-refractivity contribution >= 4 is 156 Å². The Morgan fingerprint density at radius 2 is 0.580 bits per heavy atom. The van der Waals surface area contributed by atoms with Crippen molar-refractivity contribution in [3.05, 3.63) is 121 Å². The summed E-state index contributed by atoms with van der Waals surface area (Å²) >= 11 is 0. The highest BCUT2D eigenvalue weighted by molar-refractivity contribution is 7.32. The first-order valence-electron chi connectivity index (χ1n) is 24.3. The second-order valence-electron chi connectivity index (χ2n) is 23.9. The van der Waals surface area contributed by atoms with Gasteiger partial charge in [0.1, 0.15) is 22.3 Å². The largest absolute Gasteiger partial charge is 0.399 e. The van der Waals surface area contributed by atoms with Gasteiger partial charge in [0, 0.05) is 27.0 Å². The van der Waals surface area contributed by atoms with Crippen LogP contribution in [0, 0.1) is 5.41 Å². The van der Waals surface area contributed by atoms with Crippen molar-refractivity contribution in [1.29, 1.82) is 0 Å². The average Bonchev–Trinajstić information content (AvgIpc) is 3.57. The molecule has 0 atom stereocenters. The Morgan fingerprint density at radius 3 is 0.797 bits per heavy atom. The van der Waals surface area contributed by atoms with E-state index in [0.29, 0.717) is 13.2 Å². The summed E-state index contributed by atoms with van der Waals surface area (Å²) in [5.41, 5.74) is 3.07. The molecule has 10 rings (SSSR count). The van der Waals surface area contributed by atoms with Crippen LogP contribution in [0.1, 0.15) is 13.8 Å². The van der Waals surface area contributed by atoms with Gasteiger partial charge in [-0.1, -0.05) is 214 Å². The minimum atomic E-state index is -1.99. The van der Waals surface area contributed by atoms with Crippen molar-refractivity contribution in [2.24, 2.45) is 5.41 Å². The van der Waals surface area contributed by atoms with Gasteiger partial charge in [0.25, 0.3) is 0 Å². The Kier molecular flexibility index (Phi) is 12.1. The van der Waals surface area contributed by atoms with Crippen molar-refractivity contribution < 1.29 is 25.8 Å². The first-order chi connectivity index (χ1) is 32.5. The maximum atomic E-state index is 7.26. The molecule has 0 aliphatic carbocycles. The van der Waals surface area contributed by atoms with Gasteiger partial charge in [0.2, 0.25) is 0 Å². The van der Waals surface area contributed by atoms with Crippen LogP contribution in [0.3, 0.4) is 0 Å². The van der Waals surface area contributed by atoms with E-state index in [1.807, 2.05) is 0 Å². The summed E-state index contributed by atoms with van der Waals surface area (Å²) in [4.78, 5) is 0. The van der Waals surface area contributed by atoms with Crippen LogP contribution in [0.2, 0.25) is 78.6 Å². The number of rotatable bonds is 10. The minimum absolute atomic E-state index is 0.320. The van der Waals surface area contributed by atoms with E-state index >= 15 is 0 Å².